The van der Waals surface area contributed by atoms with E-state index in [4.69, 9.17) is 0 Å². The number of fused-ring (bicyclic) bond motifs is 1. The maximum Gasteiger partial charge on any atom is 0.254 e. The summed E-state index contributed by atoms with van der Waals surface area (Å²) in [5, 5.41) is 2.07. The van der Waals surface area contributed by atoms with Gasteiger partial charge in [-0.3, -0.25) is 4.79 Å². The van der Waals surface area contributed by atoms with Crippen LogP contribution in [0.5, 0.6) is 0 Å². The van der Waals surface area contributed by atoms with Crippen molar-refractivity contribution in [1.29, 1.82) is 0 Å². The molecule has 2 heterocycles. The molecule has 1 amide bonds. The molecule has 0 radical (unpaired) electrons. The van der Waals surface area contributed by atoms with E-state index in [1.54, 1.807) is 23.5 Å². The van der Waals surface area contributed by atoms with Crippen LogP contribution < -0.4 is 0 Å². The number of amides is 1. The molecule has 7 heteroatoms. The summed E-state index contributed by atoms with van der Waals surface area (Å²) in [5.41, 5.74) is 2.59. The summed E-state index contributed by atoms with van der Waals surface area (Å²) in [7, 11) is -0.637. The van der Waals surface area contributed by atoms with Crippen LogP contribution in [0.15, 0.2) is 70.9 Å². The number of benzene rings is 2. The minimum atomic E-state index is -3.60. The highest BCUT2D eigenvalue weighted by atomic mass is 32.2. The van der Waals surface area contributed by atoms with Gasteiger partial charge >= 0.3 is 0 Å². The largest absolute Gasteiger partial charge is 0.327 e. The quantitative estimate of drug-likeness (QED) is 0.638. The number of carbonyl (C=O) groups is 1. The van der Waals surface area contributed by atoms with Gasteiger partial charge in [-0.2, -0.15) is 0 Å². The van der Waals surface area contributed by atoms with Gasteiger partial charge in [0.1, 0.15) is 0 Å². The topological polar surface area (TPSA) is 57.7 Å². The van der Waals surface area contributed by atoms with Crippen LogP contribution in [0.2, 0.25) is 0 Å². The van der Waals surface area contributed by atoms with E-state index in [9.17, 15) is 13.2 Å². The molecular formula is C22H22N2O3S2. The fraction of sp³-hybridized carbons (Fsp3) is 0.227. The number of hydrogen-bond acceptors (Lipinski definition) is 4. The van der Waals surface area contributed by atoms with Crippen LogP contribution in [0.25, 0.3) is 0 Å². The van der Waals surface area contributed by atoms with Crippen molar-refractivity contribution < 1.29 is 13.2 Å². The lowest BCUT2D eigenvalue weighted by molar-refractivity contribution is 0.0696. The summed E-state index contributed by atoms with van der Waals surface area (Å²) in [5.74, 6) is -0.161. The summed E-state index contributed by atoms with van der Waals surface area (Å²) in [6.45, 7) is 0.594. The van der Waals surface area contributed by atoms with Crippen LogP contribution in [-0.2, 0) is 16.4 Å². The first kappa shape index (κ1) is 19.8. The molecule has 1 aliphatic heterocycles. The van der Waals surface area contributed by atoms with E-state index >= 15 is 0 Å². The lowest BCUT2D eigenvalue weighted by Gasteiger charge is -2.36. The molecule has 0 fully saturated rings. The Morgan fingerprint density at radius 2 is 1.83 bits per heavy atom. The van der Waals surface area contributed by atoms with E-state index in [-0.39, 0.29) is 16.8 Å². The molecule has 3 aromatic rings. The molecule has 1 unspecified atom stereocenters. The van der Waals surface area contributed by atoms with Crippen molar-refractivity contribution >= 4 is 27.3 Å². The first-order valence-electron chi connectivity index (χ1n) is 9.34. The Bertz CT molecular complexity index is 1140. The summed E-state index contributed by atoms with van der Waals surface area (Å²) in [6.07, 6.45) is 0.803. The van der Waals surface area contributed by atoms with Crippen molar-refractivity contribution in [1.82, 2.24) is 9.21 Å². The highest BCUT2D eigenvalue weighted by molar-refractivity contribution is 7.89. The fourth-order valence-corrected chi connectivity index (χ4v) is 5.55. The van der Waals surface area contributed by atoms with Gasteiger partial charge in [-0.1, -0.05) is 36.4 Å². The molecule has 29 heavy (non-hydrogen) atoms. The van der Waals surface area contributed by atoms with Crippen LogP contribution in [0, 0.1) is 0 Å². The zero-order chi connectivity index (χ0) is 20.6. The van der Waals surface area contributed by atoms with E-state index in [1.165, 1.54) is 31.1 Å². The molecule has 0 N–H and O–H groups in total. The monoisotopic (exact) mass is 426 g/mol. The normalized spacial score (nSPS) is 16.7. The van der Waals surface area contributed by atoms with E-state index in [1.807, 2.05) is 35.2 Å². The Kier molecular flexibility index (Phi) is 5.29. The molecule has 0 spiro atoms. The number of carbonyl (C=O) groups excluding carboxylic acids is 1. The summed E-state index contributed by atoms with van der Waals surface area (Å²) < 4.78 is 26.2. The van der Waals surface area contributed by atoms with Gasteiger partial charge in [-0.15, -0.1) is 11.3 Å². The summed E-state index contributed by atoms with van der Waals surface area (Å²) >= 11 is 1.72. The molecule has 0 saturated carbocycles. The van der Waals surface area contributed by atoms with E-state index in [0.717, 1.165) is 21.9 Å². The highest BCUT2D eigenvalue weighted by Crippen LogP contribution is 2.38. The number of sulfonamides is 1. The zero-order valence-electron chi connectivity index (χ0n) is 16.3. The maximum atomic E-state index is 13.5. The summed E-state index contributed by atoms with van der Waals surface area (Å²) in [6, 6.07) is 18.2. The Morgan fingerprint density at radius 3 is 2.55 bits per heavy atom. The maximum absolute atomic E-state index is 13.5. The third-order valence-corrected chi connectivity index (χ3v) is 8.01. The molecule has 1 aromatic heterocycles. The third-order valence-electron chi connectivity index (χ3n) is 5.20. The average Bonchev–Trinajstić information content (AvgIpc) is 3.22. The SMILES string of the molecule is CN(C)S(=O)(=O)c1cccc(C(=O)N2CCc3sccc3C2c2ccccc2)c1. The van der Waals surface area contributed by atoms with E-state index < -0.39 is 10.0 Å². The van der Waals surface area contributed by atoms with Crippen molar-refractivity contribution in [2.24, 2.45) is 0 Å². The molecule has 150 valence electrons. The van der Waals surface area contributed by atoms with Crippen molar-refractivity contribution in [2.75, 3.05) is 20.6 Å². The molecule has 0 aliphatic carbocycles. The Balaban J connectivity index is 1.75. The van der Waals surface area contributed by atoms with Crippen molar-refractivity contribution in [3.8, 4) is 0 Å². The number of thiophene rings is 1. The molecule has 0 saturated heterocycles. The minimum absolute atomic E-state index is 0.123. The molecular weight excluding hydrogens is 404 g/mol. The molecule has 1 aliphatic rings. The smallest absolute Gasteiger partial charge is 0.254 e. The van der Waals surface area contributed by atoms with Crippen LogP contribution >= 0.6 is 11.3 Å². The Morgan fingerprint density at radius 1 is 1.07 bits per heavy atom. The van der Waals surface area contributed by atoms with Crippen LogP contribution in [-0.4, -0.2) is 44.2 Å². The number of nitrogens with zero attached hydrogens (tertiary/aromatic N) is 2. The predicted octanol–water partition coefficient (Wildman–Crippen LogP) is 3.79. The molecule has 2 aromatic carbocycles. The predicted molar refractivity (Wildman–Crippen MR) is 115 cm³/mol. The molecule has 1 atom stereocenters. The summed E-state index contributed by atoms with van der Waals surface area (Å²) in [4.78, 5) is 16.8. The van der Waals surface area contributed by atoms with Gasteiger partial charge in [-0.25, -0.2) is 12.7 Å². The minimum Gasteiger partial charge on any atom is -0.327 e. The van der Waals surface area contributed by atoms with Gasteiger partial charge in [0.05, 0.1) is 10.9 Å². The standard InChI is InChI=1S/C22H22N2O3S2/c1-23(2)29(26,27)18-10-6-9-17(15-18)22(25)24-13-11-20-19(12-14-28-20)21(24)16-7-4-3-5-8-16/h3-10,12,14-15,21H,11,13H2,1-2H3. The number of rotatable bonds is 4. The van der Waals surface area contributed by atoms with E-state index in [0.29, 0.717) is 12.1 Å². The third kappa shape index (κ3) is 3.61. The van der Waals surface area contributed by atoms with Gasteiger partial charge in [-0.05, 0) is 47.2 Å². The lowest BCUT2D eigenvalue weighted by Crippen LogP contribution is -2.40. The van der Waals surface area contributed by atoms with Gasteiger partial charge < -0.3 is 4.90 Å². The van der Waals surface area contributed by atoms with Gasteiger partial charge in [0.25, 0.3) is 5.91 Å². The number of hydrogen-bond donors (Lipinski definition) is 0. The van der Waals surface area contributed by atoms with Crippen LogP contribution in [0.1, 0.15) is 32.4 Å². The Labute approximate surface area is 175 Å². The van der Waals surface area contributed by atoms with Gasteiger partial charge in [0.15, 0.2) is 0 Å². The van der Waals surface area contributed by atoms with E-state index in [2.05, 4.69) is 11.4 Å². The van der Waals surface area contributed by atoms with Crippen molar-refractivity contribution in [3.63, 3.8) is 0 Å². The average molecular weight is 427 g/mol. The van der Waals surface area contributed by atoms with Crippen LogP contribution in [0.4, 0.5) is 0 Å². The fourth-order valence-electron chi connectivity index (χ4n) is 3.70. The Hall–Kier alpha value is -2.48. The van der Waals surface area contributed by atoms with Crippen LogP contribution in [0.3, 0.4) is 0 Å². The molecule has 0 bridgehead atoms. The second kappa shape index (κ2) is 7.74. The van der Waals surface area contributed by atoms with Crippen molar-refractivity contribution in [2.45, 2.75) is 17.4 Å². The zero-order valence-corrected chi connectivity index (χ0v) is 17.9. The van der Waals surface area contributed by atoms with Gasteiger partial charge in [0, 0.05) is 31.1 Å². The highest BCUT2D eigenvalue weighted by Gasteiger charge is 2.33. The van der Waals surface area contributed by atoms with Crippen molar-refractivity contribution in [3.05, 3.63) is 87.6 Å². The molecule has 5 nitrogen and oxygen atoms in total. The second-order valence-corrected chi connectivity index (χ2v) is 10.3. The second-order valence-electron chi connectivity index (χ2n) is 7.18. The first-order valence-corrected chi connectivity index (χ1v) is 11.7. The first-order chi connectivity index (χ1) is 13.9. The molecule has 4 rings (SSSR count). The van der Waals surface area contributed by atoms with Gasteiger partial charge in [0.2, 0.25) is 10.0 Å². The lowest BCUT2D eigenvalue weighted by atomic mass is 9.92.